The lowest BCUT2D eigenvalue weighted by Crippen LogP contribution is -2.49. The molecule has 0 spiro atoms. The summed E-state index contributed by atoms with van der Waals surface area (Å²) >= 11 is 0. The zero-order chi connectivity index (χ0) is 34.2. The molecule has 3 heterocycles. The molecule has 0 unspecified atom stereocenters. The van der Waals surface area contributed by atoms with Gasteiger partial charge in [-0.05, 0) is 74.4 Å². The first-order valence-electron chi connectivity index (χ1n) is 17.3. The average Bonchev–Trinajstić information content (AvgIpc) is 3.84. The molecule has 4 fully saturated rings. The first-order chi connectivity index (χ1) is 22.9. The Morgan fingerprint density at radius 1 is 0.979 bits per heavy atom. The van der Waals surface area contributed by atoms with Crippen molar-refractivity contribution in [2.75, 3.05) is 58.5 Å². The molecule has 1 N–H and O–H groups in total. The number of nitrogens with zero attached hydrogens (tertiary/aromatic N) is 3. The second-order valence-corrected chi connectivity index (χ2v) is 14.5. The van der Waals surface area contributed by atoms with Gasteiger partial charge in [-0.15, -0.1) is 0 Å². The highest BCUT2D eigenvalue weighted by atomic mass is 19.4. The van der Waals surface area contributed by atoms with E-state index >= 15 is 0 Å². The van der Waals surface area contributed by atoms with Gasteiger partial charge in [0, 0.05) is 63.4 Å². The predicted octanol–water partition coefficient (Wildman–Crippen LogP) is 6.39. The number of methoxy groups -OCH3 is 2. The Morgan fingerprint density at radius 3 is 2.27 bits per heavy atom. The van der Waals surface area contributed by atoms with E-state index in [1.54, 1.807) is 20.3 Å². The molecule has 1 aliphatic carbocycles. The van der Waals surface area contributed by atoms with E-state index in [2.05, 4.69) is 24.0 Å². The fraction of sp³-hybridized carbons (Fsp3) is 0.622. The zero-order valence-corrected chi connectivity index (χ0v) is 28.2. The van der Waals surface area contributed by atoms with Crippen molar-refractivity contribution in [2.24, 2.45) is 11.3 Å². The second-order valence-electron chi connectivity index (χ2n) is 14.5. The number of halogens is 3. The minimum atomic E-state index is -4.51. The van der Waals surface area contributed by atoms with E-state index in [-0.39, 0.29) is 23.8 Å². The monoisotopic (exact) mass is 671 g/mol. The van der Waals surface area contributed by atoms with Crippen molar-refractivity contribution in [1.82, 2.24) is 9.80 Å². The average molecular weight is 672 g/mol. The number of carbonyl (C=O) groups excluding carboxylic acids is 1. The summed E-state index contributed by atoms with van der Waals surface area (Å²) in [5.41, 5.74) is 0.915. The van der Waals surface area contributed by atoms with Gasteiger partial charge in [0.15, 0.2) is 0 Å². The van der Waals surface area contributed by atoms with Crippen LogP contribution in [0.25, 0.3) is 0 Å². The van der Waals surface area contributed by atoms with E-state index in [0.29, 0.717) is 63.8 Å². The van der Waals surface area contributed by atoms with Crippen molar-refractivity contribution in [1.29, 1.82) is 0 Å². The van der Waals surface area contributed by atoms with Crippen LogP contribution >= 0.6 is 0 Å². The van der Waals surface area contributed by atoms with E-state index in [0.717, 1.165) is 42.3 Å². The van der Waals surface area contributed by atoms with Crippen LogP contribution in [0.15, 0.2) is 42.5 Å². The number of carboxylic acids is 1. The number of rotatable bonds is 9. The number of amides is 1. The number of likely N-dealkylation sites (tertiary alicyclic amines) is 2. The molecule has 4 aliphatic rings. The number of piperidine rings is 1. The molecule has 3 aliphatic heterocycles. The first kappa shape index (κ1) is 34.5. The molecule has 6 rings (SSSR count). The van der Waals surface area contributed by atoms with Crippen molar-refractivity contribution in [3.05, 3.63) is 59.2 Å². The third-order valence-electron chi connectivity index (χ3n) is 11.6. The standard InChI is InChI=1S/C37H48F3N3O5/c1-36(23-42(28-6-4-5-7-28)21-32(36)24-8-11-30(48-3)12-9-24)35(46)43-20-26(18-29(43)22-47-2)31-13-10-27(37(38,39)40)19-33(31)41-16-14-25(15-17-41)34(44)45/h8-13,19,25-26,28-29,32H,4-7,14-18,20-23H2,1-3H3,(H,44,45)/t26-,29+,32+,36-/m1/s1. The normalized spacial score (nSPS) is 27.6. The van der Waals surface area contributed by atoms with E-state index in [1.807, 2.05) is 21.9 Å². The number of hydrogen-bond acceptors (Lipinski definition) is 6. The van der Waals surface area contributed by atoms with Crippen molar-refractivity contribution in [2.45, 2.75) is 82.0 Å². The lowest BCUT2D eigenvalue weighted by molar-refractivity contribution is -0.143. The summed E-state index contributed by atoms with van der Waals surface area (Å²) in [7, 11) is 3.26. The molecule has 0 bridgehead atoms. The van der Waals surface area contributed by atoms with Crippen LogP contribution in [0.5, 0.6) is 5.75 Å². The van der Waals surface area contributed by atoms with Gasteiger partial charge in [-0.25, -0.2) is 0 Å². The Balaban J connectivity index is 1.31. The van der Waals surface area contributed by atoms with Gasteiger partial charge in [0.05, 0.1) is 36.7 Å². The lowest BCUT2D eigenvalue weighted by atomic mass is 9.74. The van der Waals surface area contributed by atoms with Crippen LogP contribution in [0.1, 0.15) is 80.4 Å². The van der Waals surface area contributed by atoms with Gasteiger partial charge < -0.3 is 24.4 Å². The van der Waals surface area contributed by atoms with Crippen LogP contribution in [0.4, 0.5) is 18.9 Å². The van der Waals surface area contributed by atoms with Gasteiger partial charge in [-0.1, -0.05) is 31.0 Å². The number of anilines is 1. The van der Waals surface area contributed by atoms with Crippen LogP contribution in [0.2, 0.25) is 0 Å². The van der Waals surface area contributed by atoms with Crippen molar-refractivity contribution in [3.8, 4) is 5.75 Å². The van der Waals surface area contributed by atoms with Gasteiger partial charge in [-0.2, -0.15) is 13.2 Å². The lowest BCUT2D eigenvalue weighted by Gasteiger charge is -2.37. The topological polar surface area (TPSA) is 82.5 Å². The van der Waals surface area contributed by atoms with Crippen molar-refractivity contribution < 1.29 is 37.3 Å². The van der Waals surface area contributed by atoms with Gasteiger partial charge in [-0.3, -0.25) is 14.5 Å². The number of alkyl halides is 3. The highest BCUT2D eigenvalue weighted by Crippen LogP contribution is 2.49. The maximum atomic E-state index is 15.0. The molecule has 11 heteroatoms. The van der Waals surface area contributed by atoms with Gasteiger partial charge in [0.1, 0.15) is 5.75 Å². The Labute approximate surface area is 281 Å². The molecule has 4 atom stereocenters. The van der Waals surface area contributed by atoms with E-state index in [1.165, 1.54) is 18.9 Å². The molecule has 2 aromatic carbocycles. The fourth-order valence-electron chi connectivity index (χ4n) is 8.88. The van der Waals surface area contributed by atoms with Gasteiger partial charge in [0.2, 0.25) is 5.91 Å². The summed E-state index contributed by atoms with van der Waals surface area (Å²) in [4.78, 5) is 32.9. The maximum absolute atomic E-state index is 15.0. The number of carbonyl (C=O) groups is 2. The summed E-state index contributed by atoms with van der Waals surface area (Å²) in [6.45, 7) is 4.97. The summed E-state index contributed by atoms with van der Waals surface area (Å²) < 4.78 is 52.9. The number of ether oxygens (including phenoxy) is 2. The van der Waals surface area contributed by atoms with Crippen LogP contribution < -0.4 is 9.64 Å². The number of hydrogen-bond donors (Lipinski definition) is 1. The molecule has 0 aromatic heterocycles. The van der Waals surface area contributed by atoms with Crippen molar-refractivity contribution >= 4 is 17.6 Å². The van der Waals surface area contributed by atoms with Crippen LogP contribution in [0.3, 0.4) is 0 Å². The van der Waals surface area contributed by atoms with Gasteiger partial charge in [0.25, 0.3) is 0 Å². The largest absolute Gasteiger partial charge is 0.497 e. The molecule has 1 saturated carbocycles. The highest BCUT2D eigenvalue weighted by Gasteiger charge is 2.54. The van der Waals surface area contributed by atoms with Crippen molar-refractivity contribution in [3.63, 3.8) is 0 Å². The van der Waals surface area contributed by atoms with Gasteiger partial charge >= 0.3 is 12.1 Å². The summed E-state index contributed by atoms with van der Waals surface area (Å²) in [6, 6.07) is 12.2. The number of aliphatic carboxylic acids is 1. The van der Waals surface area contributed by atoms with E-state index in [9.17, 15) is 27.9 Å². The Bertz CT molecular complexity index is 1460. The Morgan fingerprint density at radius 2 is 1.67 bits per heavy atom. The molecule has 8 nitrogen and oxygen atoms in total. The number of benzene rings is 2. The smallest absolute Gasteiger partial charge is 0.416 e. The molecular formula is C37H48F3N3O5. The molecule has 1 amide bonds. The fourth-order valence-corrected chi connectivity index (χ4v) is 8.88. The third-order valence-corrected chi connectivity index (χ3v) is 11.6. The first-order valence-corrected chi connectivity index (χ1v) is 17.3. The summed E-state index contributed by atoms with van der Waals surface area (Å²) in [5, 5.41) is 9.51. The highest BCUT2D eigenvalue weighted by molar-refractivity contribution is 5.85. The van der Waals surface area contributed by atoms with Crippen LogP contribution in [0, 0.1) is 11.3 Å². The Hall–Kier alpha value is -3.31. The summed E-state index contributed by atoms with van der Waals surface area (Å²) in [5.74, 6) is -0.777. The molecule has 3 saturated heterocycles. The van der Waals surface area contributed by atoms with Crippen LogP contribution in [-0.4, -0.2) is 92.4 Å². The zero-order valence-electron chi connectivity index (χ0n) is 28.2. The maximum Gasteiger partial charge on any atom is 0.416 e. The number of carboxylic acid groups (broad SMARTS) is 1. The predicted molar refractivity (Wildman–Crippen MR) is 176 cm³/mol. The quantitative estimate of drug-likeness (QED) is 0.331. The molecule has 2 aromatic rings. The molecule has 48 heavy (non-hydrogen) atoms. The Kier molecular flexibility index (Phi) is 10.0. The van der Waals surface area contributed by atoms with Crippen LogP contribution in [-0.2, 0) is 20.5 Å². The summed E-state index contributed by atoms with van der Waals surface area (Å²) in [6.07, 6.45) is 1.47. The minimum absolute atomic E-state index is 0.0316. The second kappa shape index (κ2) is 13.9. The SMILES string of the molecule is COC[C@@H]1C[C@@H](c2ccc(C(F)(F)F)cc2N2CCC(C(=O)O)CC2)CN1C(=O)[C@]1(C)CN(C2CCCC2)C[C@H]1c1ccc(OC)cc1. The van der Waals surface area contributed by atoms with E-state index in [4.69, 9.17) is 9.47 Å². The molecule has 262 valence electrons. The van der Waals surface area contributed by atoms with E-state index < -0.39 is 29.0 Å². The minimum Gasteiger partial charge on any atom is -0.497 e. The molecule has 0 radical (unpaired) electrons. The third kappa shape index (κ3) is 6.77. The molecular weight excluding hydrogens is 623 g/mol.